The predicted molar refractivity (Wildman–Crippen MR) is 80.6 cm³/mol. The summed E-state index contributed by atoms with van der Waals surface area (Å²) in [5.74, 6) is 1.02. The Morgan fingerprint density at radius 2 is 2.23 bits per heavy atom. The van der Waals surface area contributed by atoms with Crippen LogP contribution in [0.1, 0.15) is 25.7 Å². The Balaban J connectivity index is 1.35. The van der Waals surface area contributed by atoms with Crippen LogP contribution in [0.5, 0.6) is 0 Å². The number of carbonyl (C=O) groups excluding carboxylic acids is 1. The average molecular weight is 301 g/mol. The lowest BCUT2D eigenvalue weighted by Crippen LogP contribution is -2.44. The van der Waals surface area contributed by atoms with Crippen molar-refractivity contribution in [2.75, 3.05) is 11.9 Å². The van der Waals surface area contributed by atoms with Gasteiger partial charge in [-0.05, 0) is 43.7 Å². The third-order valence-corrected chi connectivity index (χ3v) is 4.26. The number of hydrogen-bond donors (Lipinski definition) is 2. The van der Waals surface area contributed by atoms with E-state index < -0.39 is 0 Å². The van der Waals surface area contributed by atoms with Crippen LogP contribution in [0.2, 0.25) is 0 Å². The normalized spacial score (nSPS) is 25.1. The van der Waals surface area contributed by atoms with Gasteiger partial charge in [0, 0.05) is 18.8 Å². The lowest BCUT2D eigenvalue weighted by atomic mass is 10.0. The maximum absolute atomic E-state index is 12.1. The molecule has 1 saturated carbocycles. The van der Waals surface area contributed by atoms with E-state index in [2.05, 4.69) is 20.7 Å². The summed E-state index contributed by atoms with van der Waals surface area (Å²) in [6.07, 6.45) is 6.38. The van der Waals surface area contributed by atoms with Crippen molar-refractivity contribution in [2.24, 2.45) is 5.92 Å². The second-order valence-electron chi connectivity index (χ2n) is 6.01. The smallest absolute Gasteiger partial charge is 0.321 e. The number of hydrogen-bond acceptors (Lipinski definition) is 4. The third-order valence-electron chi connectivity index (χ3n) is 4.26. The molecule has 2 aromatic rings. The number of aromatic nitrogens is 3. The molecule has 2 amide bonds. The third kappa shape index (κ3) is 2.89. The number of rotatable bonds is 3. The standard InChI is InChI=1S/C15H19N5O2/c21-15(16-11-6-8-22-12(9-11)10-4-5-10)18-14-17-13-3-1-2-7-20(13)19-14/h1-3,7,10-12H,4-6,8-9H2,(H2,16,18,19,21)/t11-,12-/m0/s1. The Bertz CT molecular complexity index is 648. The molecule has 2 N–H and O–H groups in total. The number of urea groups is 1. The summed E-state index contributed by atoms with van der Waals surface area (Å²) in [6, 6.07) is 5.50. The van der Waals surface area contributed by atoms with Crippen LogP contribution in [0.3, 0.4) is 0 Å². The van der Waals surface area contributed by atoms with Crippen LogP contribution in [0.25, 0.3) is 5.65 Å². The molecule has 2 fully saturated rings. The van der Waals surface area contributed by atoms with Crippen LogP contribution in [0, 0.1) is 5.92 Å². The largest absolute Gasteiger partial charge is 0.378 e. The highest BCUT2D eigenvalue weighted by Crippen LogP contribution is 2.38. The number of nitrogens with one attached hydrogen (secondary N) is 2. The first-order chi connectivity index (χ1) is 10.8. The summed E-state index contributed by atoms with van der Waals surface area (Å²) in [6.45, 7) is 0.721. The molecule has 7 heteroatoms. The molecule has 22 heavy (non-hydrogen) atoms. The number of fused-ring (bicyclic) bond motifs is 1. The van der Waals surface area contributed by atoms with Gasteiger partial charge in [0.2, 0.25) is 0 Å². The molecule has 2 aliphatic rings. The fourth-order valence-electron chi connectivity index (χ4n) is 2.96. The number of amides is 2. The van der Waals surface area contributed by atoms with Gasteiger partial charge in [0.15, 0.2) is 5.65 Å². The fourth-order valence-corrected chi connectivity index (χ4v) is 2.96. The summed E-state index contributed by atoms with van der Waals surface area (Å²) in [7, 11) is 0. The molecular formula is C15H19N5O2. The van der Waals surface area contributed by atoms with Crippen LogP contribution in [0.4, 0.5) is 10.7 Å². The van der Waals surface area contributed by atoms with Crippen LogP contribution >= 0.6 is 0 Å². The highest BCUT2D eigenvalue weighted by Gasteiger charge is 2.36. The van der Waals surface area contributed by atoms with E-state index in [-0.39, 0.29) is 12.1 Å². The van der Waals surface area contributed by atoms with Crippen molar-refractivity contribution in [1.82, 2.24) is 19.9 Å². The monoisotopic (exact) mass is 301 g/mol. The van der Waals surface area contributed by atoms with Crippen molar-refractivity contribution in [3.8, 4) is 0 Å². The van der Waals surface area contributed by atoms with E-state index >= 15 is 0 Å². The van der Waals surface area contributed by atoms with Gasteiger partial charge in [-0.2, -0.15) is 4.98 Å². The first kappa shape index (κ1) is 13.5. The second kappa shape index (κ2) is 5.57. The first-order valence-electron chi connectivity index (χ1n) is 7.78. The van der Waals surface area contributed by atoms with Crippen molar-refractivity contribution in [2.45, 2.75) is 37.8 Å². The number of pyridine rings is 1. The first-order valence-corrected chi connectivity index (χ1v) is 7.78. The van der Waals surface area contributed by atoms with E-state index in [0.29, 0.717) is 23.6 Å². The minimum Gasteiger partial charge on any atom is -0.378 e. The number of nitrogens with zero attached hydrogens (tertiary/aromatic N) is 3. The van der Waals surface area contributed by atoms with Gasteiger partial charge in [-0.15, -0.1) is 5.10 Å². The van der Waals surface area contributed by atoms with Gasteiger partial charge < -0.3 is 10.1 Å². The molecule has 0 unspecified atom stereocenters. The van der Waals surface area contributed by atoms with Crippen LogP contribution in [-0.4, -0.2) is 39.4 Å². The fraction of sp³-hybridized carbons (Fsp3) is 0.533. The molecule has 3 heterocycles. The zero-order valence-corrected chi connectivity index (χ0v) is 12.2. The highest BCUT2D eigenvalue weighted by atomic mass is 16.5. The Labute approximate surface area is 128 Å². The van der Waals surface area contributed by atoms with Gasteiger partial charge in [0.1, 0.15) is 0 Å². The lowest BCUT2D eigenvalue weighted by Gasteiger charge is -2.30. The summed E-state index contributed by atoms with van der Waals surface area (Å²) in [5.41, 5.74) is 0.706. The molecule has 1 saturated heterocycles. The Morgan fingerprint density at radius 3 is 3.05 bits per heavy atom. The number of ether oxygens (including phenoxy) is 1. The van der Waals surface area contributed by atoms with Crippen molar-refractivity contribution in [3.05, 3.63) is 24.4 Å². The molecule has 0 spiro atoms. The molecule has 2 atom stereocenters. The minimum atomic E-state index is -0.252. The van der Waals surface area contributed by atoms with Crippen LogP contribution in [0.15, 0.2) is 24.4 Å². The van der Waals surface area contributed by atoms with Gasteiger partial charge in [-0.25, -0.2) is 9.31 Å². The van der Waals surface area contributed by atoms with E-state index in [4.69, 9.17) is 4.74 Å². The molecule has 0 radical (unpaired) electrons. The zero-order valence-electron chi connectivity index (χ0n) is 12.2. The van der Waals surface area contributed by atoms with Crippen molar-refractivity contribution < 1.29 is 9.53 Å². The predicted octanol–water partition coefficient (Wildman–Crippen LogP) is 1.81. The van der Waals surface area contributed by atoms with E-state index in [1.54, 1.807) is 10.7 Å². The second-order valence-corrected chi connectivity index (χ2v) is 6.01. The molecule has 2 aromatic heterocycles. The van der Waals surface area contributed by atoms with E-state index in [0.717, 1.165) is 19.4 Å². The Morgan fingerprint density at radius 1 is 1.32 bits per heavy atom. The summed E-state index contributed by atoms with van der Waals surface area (Å²) in [4.78, 5) is 16.4. The minimum absolute atomic E-state index is 0.163. The Hall–Kier alpha value is -2.15. The molecular weight excluding hydrogens is 282 g/mol. The zero-order chi connectivity index (χ0) is 14.9. The molecule has 1 aliphatic heterocycles. The van der Waals surface area contributed by atoms with Crippen LogP contribution in [-0.2, 0) is 4.74 Å². The van der Waals surface area contributed by atoms with Gasteiger partial charge in [0.25, 0.3) is 5.95 Å². The van der Waals surface area contributed by atoms with E-state index in [9.17, 15) is 4.79 Å². The number of carbonyl (C=O) groups is 1. The van der Waals surface area contributed by atoms with E-state index in [1.165, 1.54) is 12.8 Å². The summed E-state index contributed by atoms with van der Waals surface area (Å²) >= 11 is 0. The van der Waals surface area contributed by atoms with Crippen molar-refractivity contribution >= 4 is 17.6 Å². The molecule has 1 aliphatic carbocycles. The maximum Gasteiger partial charge on any atom is 0.321 e. The molecule has 0 bridgehead atoms. The molecule has 7 nitrogen and oxygen atoms in total. The highest BCUT2D eigenvalue weighted by molar-refractivity contribution is 5.87. The van der Waals surface area contributed by atoms with Gasteiger partial charge in [-0.3, -0.25) is 5.32 Å². The summed E-state index contributed by atoms with van der Waals surface area (Å²) < 4.78 is 7.40. The van der Waals surface area contributed by atoms with Gasteiger partial charge in [-0.1, -0.05) is 6.07 Å². The average Bonchev–Trinajstić information content (AvgIpc) is 3.28. The van der Waals surface area contributed by atoms with Crippen molar-refractivity contribution in [1.29, 1.82) is 0 Å². The molecule has 0 aromatic carbocycles. The molecule has 4 rings (SSSR count). The van der Waals surface area contributed by atoms with E-state index in [1.807, 2.05) is 18.2 Å². The topological polar surface area (TPSA) is 80.6 Å². The maximum atomic E-state index is 12.1. The quantitative estimate of drug-likeness (QED) is 0.906. The van der Waals surface area contributed by atoms with Gasteiger partial charge >= 0.3 is 6.03 Å². The molecule has 116 valence electrons. The summed E-state index contributed by atoms with van der Waals surface area (Å²) in [5, 5.41) is 9.92. The van der Waals surface area contributed by atoms with Gasteiger partial charge in [0.05, 0.1) is 6.10 Å². The lowest BCUT2D eigenvalue weighted by molar-refractivity contribution is -0.00890. The van der Waals surface area contributed by atoms with Crippen LogP contribution < -0.4 is 10.6 Å². The SMILES string of the molecule is O=C(Nc1nc2ccccn2n1)N[C@H]1CCO[C@H](C2CC2)C1. The number of anilines is 1. The Kier molecular flexibility index (Phi) is 3.42. The van der Waals surface area contributed by atoms with Crippen molar-refractivity contribution in [3.63, 3.8) is 0 Å².